The molecule has 0 saturated carbocycles. The Morgan fingerprint density at radius 1 is 1.00 bits per heavy atom. The number of hydrogen-bond donors (Lipinski definition) is 1. The van der Waals surface area contributed by atoms with Crippen LogP contribution in [0.25, 0.3) is 22.0 Å². The van der Waals surface area contributed by atoms with Gasteiger partial charge in [0.1, 0.15) is 22.2 Å². The topological polar surface area (TPSA) is 131 Å². The molecule has 14 heteroatoms. The van der Waals surface area contributed by atoms with Crippen LogP contribution >= 0.6 is 0 Å². The number of piperazine rings is 1. The first-order valence-corrected chi connectivity index (χ1v) is 15.6. The summed E-state index contributed by atoms with van der Waals surface area (Å²) >= 11 is 0. The van der Waals surface area contributed by atoms with E-state index in [-0.39, 0.29) is 17.5 Å². The van der Waals surface area contributed by atoms with Crippen LogP contribution in [0.5, 0.6) is 5.88 Å². The molecule has 1 atom stereocenters. The molecular weight excluding hydrogens is 608 g/mol. The van der Waals surface area contributed by atoms with E-state index in [9.17, 15) is 26.8 Å². The Hall–Kier alpha value is -4.85. The Morgan fingerprint density at radius 3 is 2.42 bits per heavy atom. The highest BCUT2D eigenvalue weighted by Crippen LogP contribution is 2.34. The molecule has 2 aromatic heterocycles. The van der Waals surface area contributed by atoms with Crippen molar-refractivity contribution in [2.45, 2.75) is 31.3 Å². The van der Waals surface area contributed by atoms with Crippen LogP contribution in [0.1, 0.15) is 20.3 Å². The lowest BCUT2D eigenvalue weighted by Crippen LogP contribution is -2.52. The molecule has 2 aromatic carbocycles. The number of ether oxygens (including phenoxy) is 2. The molecule has 1 aliphatic heterocycles. The van der Waals surface area contributed by atoms with E-state index in [1.165, 1.54) is 26.3 Å². The number of sulfonamides is 1. The molecule has 1 aliphatic rings. The fraction of sp³-hybridized carbons (Fsp3) is 0.290. The first kappa shape index (κ1) is 31.6. The Bertz CT molecular complexity index is 1870. The number of amides is 1. The number of hydrogen-bond acceptors (Lipinski definition) is 9. The smallest absolute Gasteiger partial charge is 0.303 e. The zero-order valence-electron chi connectivity index (χ0n) is 24.8. The van der Waals surface area contributed by atoms with Crippen LogP contribution in [0.3, 0.4) is 0 Å². The predicted molar refractivity (Wildman–Crippen MR) is 163 cm³/mol. The number of anilines is 2. The summed E-state index contributed by atoms with van der Waals surface area (Å²) in [7, 11) is -3.14. The lowest BCUT2D eigenvalue weighted by Gasteiger charge is -2.37. The summed E-state index contributed by atoms with van der Waals surface area (Å²) in [5, 5.41) is 0.826. The van der Waals surface area contributed by atoms with E-state index in [4.69, 9.17) is 9.47 Å². The molecule has 5 rings (SSSR count). The number of esters is 1. The number of nitrogens with one attached hydrogen (secondary N) is 1. The molecule has 0 bridgehead atoms. The minimum atomic E-state index is -4.45. The quantitative estimate of drug-likeness (QED) is 0.265. The van der Waals surface area contributed by atoms with Crippen molar-refractivity contribution in [3.63, 3.8) is 0 Å². The Morgan fingerprint density at radius 2 is 1.76 bits per heavy atom. The van der Waals surface area contributed by atoms with Crippen LogP contribution < -0.4 is 14.4 Å². The second-order valence-corrected chi connectivity index (χ2v) is 12.0. The highest BCUT2D eigenvalue weighted by Gasteiger charge is 2.29. The molecule has 1 fully saturated rings. The van der Waals surface area contributed by atoms with Gasteiger partial charge >= 0.3 is 5.97 Å². The standard InChI is InChI=1S/C31H31F2N5O6S/c1-4-28(44-19(2)39)31(40)38-13-11-37(12-14-38)27-9-10-34-25-7-5-20(15-23(25)27)21-16-26(30(43-3)35-18-21)36-45(41,42)29-8-6-22(32)17-24(29)33/h5-10,15-18,28,36H,4,11-14H2,1-3H3/t28-/m0/s1. The average Bonchev–Trinajstić information content (AvgIpc) is 3.02. The number of methoxy groups -OCH3 is 1. The molecule has 0 radical (unpaired) electrons. The molecular formula is C31H31F2N5O6S. The molecule has 11 nitrogen and oxygen atoms in total. The zero-order chi connectivity index (χ0) is 32.3. The number of halogens is 2. The molecule has 1 saturated heterocycles. The van der Waals surface area contributed by atoms with Crippen molar-refractivity contribution in [3.05, 3.63) is 72.6 Å². The summed E-state index contributed by atoms with van der Waals surface area (Å²) in [4.78, 5) is 36.2. The van der Waals surface area contributed by atoms with Gasteiger partial charge in [-0.05, 0) is 48.4 Å². The molecule has 1 amide bonds. The van der Waals surface area contributed by atoms with Crippen molar-refractivity contribution in [2.75, 3.05) is 42.9 Å². The third-order valence-electron chi connectivity index (χ3n) is 7.41. The number of pyridine rings is 2. The molecule has 236 valence electrons. The molecule has 4 aromatic rings. The number of carbonyl (C=O) groups is 2. The summed E-state index contributed by atoms with van der Waals surface area (Å²) in [5.41, 5.74) is 2.82. The van der Waals surface area contributed by atoms with Crippen molar-refractivity contribution in [1.82, 2.24) is 14.9 Å². The molecule has 45 heavy (non-hydrogen) atoms. The van der Waals surface area contributed by atoms with Crippen molar-refractivity contribution in [3.8, 4) is 17.0 Å². The summed E-state index contributed by atoms with van der Waals surface area (Å²) in [6.07, 6.45) is 2.81. The number of rotatable bonds is 9. The average molecular weight is 640 g/mol. The van der Waals surface area contributed by atoms with E-state index >= 15 is 0 Å². The van der Waals surface area contributed by atoms with Gasteiger partial charge in [-0.3, -0.25) is 19.3 Å². The second kappa shape index (κ2) is 13.0. The fourth-order valence-electron chi connectivity index (χ4n) is 5.21. The molecule has 0 aliphatic carbocycles. The largest absolute Gasteiger partial charge is 0.480 e. The Kier molecular flexibility index (Phi) is 9.14. The first-order chi connectivity index (χ1) is 21.5. The molecule has 3 heterocycles. The van der Waals surface area contributed by atoms with Crippen LogP contribution in [-0.4, -0.2) is 74.6 Å². The molecule has 0 unspecified atom stereocenters. The lowest BCUT2D eigenvalue weighted by molar-refractivity contribution is -0.159. The summed E-state index contributed by atoms with van der Waals surface area (Å²) in [6, 6.07) is 11.1. The molecule has 1 N–H and O–H groups in total. The van der Waals surface area contributed by atoms with Crippen LogP contribution in [0.15, 0.2) is 65.8 Å². The van der Waals surface area contributed by atoms with Gasteiger partial charge in [-0.25, -0.2) is 22.2 Å². The summed E-state index contributed by atoms with van der Waals surface area (Å²) < 4.78 is 66.4. The minimum Gasteiger partial charge on any atom is -0.480 e. The van der Waals surface area contributed by atoms with Crippen LogP contribution in [0, 0.1) is 11.6 Å². The predicted octanol–water partition coefficient (Wildman–Crippen LogP) is 4.37. The number of benzene rings is 2. The van der Waals surface area contributed by atoms with Gasteiger partial charge in [-0.2, -0.15) is 0 Å². The maximum atomic E-state index is 14.3. The van der Waals surface area contributed by atoms with Gasteiger partial charge in [0.2, 0.25) is 5.88 Å². The minimum absolute atomic E-state index is 0.0369. The van der Waals surface area contributed by atoms with E-state index in [1.807, 2.05) is 24.3 Å². The lowest BCUT2D eigenvalue weighted by atomic mass is 10.0. The number of aromatic nitrogens is 2. The van der Waals surface area contributed by atoms with Crippen molar-refractivity contribution in [2.24, 2.45) is 0 Å². The fourth-order valence-corrected chi connectivity index (χ4v) is 6.31. The Labute approximate surface area is 258 Å². The number of carbonyl (C=O) groups excluding carboxylic acids is 2. The summed E-state index contributed by atoms with van der Waals surface area (Å²) in [6.45, 7) is 5.06. The second-order valence-electron chi connectivity index (χ2n) is 10.3. The van der Waals surface area contributed by atoms with E-state index in [0.717, 1.165) is 28.7 Å². The van der Waals surface area contributed by atoms with E-state index in [2.05, 4.69) is 19.6 Å². The van der Waals surface area contributed by atoms with Gasteiger partial charge in [0.05, 0.1) is 12.6 Å². The van der Waals surface area contributed by atoms with Gasteiger partial charge in [-0.1, -0.05) is 13.0 Å². The highest BCUT2D eigenvalue weighted by atomic mass is 32.2. The SMILES string of the molecule is CC[C@H](OC(C)=O)C(=O)N1CCN(c2ccnc3ccc(-c4cnc(OC)c(NS(=O)(=O)c5ccc(F)cc5F)c4)cc23)CC1. The monoisotopic (exact) mass is 639 g/mol. The van der Waals surface area contributed by atoms with Crippen LogP contribution in [-0.2, 0) is 24.3 Å². The van der Waals surface area contributed by atoms with Gasteiger partial charge in [-0.15, -0.1) is 0 Å². The van der Waals surface area contributed by atoms with Crippen molar-refractivity contribution >= 4 is 44.2 Å². The maximum absolute atomic E-state index is 14.3. The number of fused-ring (bicyclic) bond motifs is 1. The van der Waals surface area contributed by atoms with Crippen LogP contribution in [0.2, 0.25) is 0 Å². The van der Waals surface area contributed by atoms with Gasteiger partial charge in [0.25, 0.3) is 15.9 Å². The van der Waals surface area contributed by atoms with Crippen LogP contribution in [0.4, 0.5) is 20.2 Å². The number of nitrogens with zero attached hydrogens (tertiary/aromatic N) is 4. The van der Waals surface area contributed by atoms with E-state index in [1.54, 1.807) is 18.0 Å². The van der Waals surface area contributed by atoms with Crippen molar-refractivity contribution in [1.29, 1.82) is 0 Å². The Balaban J connectivity index is 1.41. The third kappa shape index (κ3) is 6.80. The van der Waals surface area contributed by atoms with E-state index < -0.39 is 38.6 Å². The summed E-state index contributed by atoms with van der Waals surface area (Å²) in [5.74, 6) is -2.89. The molecule has 0 spiro atoms. The van der Waals surface area contributed by atoms with E-state index in [0.29, 0.717) is 49.8 Å². The van der Waals surface area contributed by atoms with Gasteiger partial charge in [0, 0.05) is 68.2 Å². The maximum Gasteiger partial charge on any atom is 0.303 e. The zero-order valence-corrected chi connectivity index (χ0v) is 25.6. The van der Waals surface area contributed by atoms with Gasteiger partial charge in [0.15, 0.2) is 6.10 Å². The third-order valence-corrected chi connectivity index (χ3v) is 8.81. The first-order valence-electron chi connectivity index (χ1n) is 14.1. The van der Waals surface area contributed by atoms with Gasteiger partial charge < -0.3 is 19.3 Å². The normalized spacial score (nSPS) is 14.2. The highest BCUT2D eigenvalue weighted by molar-refractivity contribution is 7.92. The van der Waals surface area contributed by atoms with Crippen molar-refractivity contribution < 1.29 is 36.3 Å².